The third-order valence-corrected chi connectivity index (χ3v) is 4.08. The number of hydrogen-bond donors (Lipinski definition) is 1. The van der Waals surface area contributed by atoms with Gasteiger partial charge in [0.05, 0.1) is 5.02 Å². The molecule has 0 unspecified atom stereocenters. The Balaban J connectivity index is 1.60. The molecule has 136 valence electrons. The van der Waals surface area contributed by atoms with Crippen molar-refractivity contribution in [3.63, 3.8) is 0 Å². The fourth-order valence-corrected chi connectivity index (χ4v) is 2.64. The maximum Gasteiger partial charge on any atom is 0.243 e. The second kappa shape index (κ2) is 8.62. The first-order chi connectivity index (χ1) is 12.7. The van der Waals surface area contributed by atoms with Gasteiger partial charge in [0.15, 0.2) is 0 Å². The standard InChI is InChI=1S/C18H19ClFN5O/c1-2-8-25-18(22-23-24-25)21-11-13-4-3-5-16(9-13)26-12-14-6-7-15(20)10-17(14)19/h3-7,9-10H,2,8,11-12H2,1H3,(H,21,22,24). The molecule has 0 aliphatic carbocycles. The van der Waals surface area contributed by atoms with E-state index in [-0.39, 0.29) is 12.4 Å². The van der Waals surface area contributed by atoms with Crippen LogP contribution in [-0.2, 0) is 19.7 Å². The molecule has 1 N–H and O–H groups in total. The lowest BCUT2D eigenvalue weighted by Crippen LogP contribution is -2.08. The summed E-state index contributed by atoms with van der Waals surface area (Å²) in [5, 5.41) is 15.2. The predicted octanol–water partition coefficient (Wildman–Crippen LogP) is 4.07. The number of anilines is 1. The molecule has 26 heavy (non-hydrogen) atoms. The van der Waals surface area contributed by atoms with Gasteiger partial charge in [0.25, 0.3) is 0 Å². The second-order valence-electron chi connectivity index (χ2n) is 5.75. The van der Waals surface area contributed by atoms with Crippen LogP contribution < -0.4 is 10.1 Å². The molecule has 1 aromatic heterocycles. The quantitative estimate of drug-likeness (QED) is 0.643. The highest BCUT2D eigenvalue weighted by Crippen LogP contribution is 2.21. The summed E-state index contributed by atoms with van der Waals surface area (Å²) in [7, 11) is 0. The van der Waals surface area contributed by atoms with Crippen LogP contribution in [0.4, 0.5) is 10.3 Å². The van der Waals surface area contributed by atoms with Crippen molar-refractivity contribution < 1.29 is 9.13 Å². The zero-order valence-corrected chi connectivity index (χ0v) is 15.1. The SMILES string of the molecule is CCCn1nnnc1NCc1cccc(OCc2ccc(F)cc2Cl)c1. The van der Waals surface area contributed by atoms with E-state index in [0.29, 0.717) is 23.3 Å². The van der Waals surface area contributed by atoms with Crippen molar-refractivity contribution in [3.8, 4) is 5.75 Å². The van der Waals surface area contributed by atoms with Crippen LogP contribution in [0.1, 0.15) is 24.5 Å². The molecule has 0 saturated heterocycles. The Hall–Kier alpha value is -2.67. The Kier molecular flexibility index (Phi) is 6.01. The Morgan fingerprint density at radius 3 is 2.92 bits per heavy atom. The number of aryl methyl sites for hydroxylation is 1. The number of hydrogen-bond acceptors (Lipinski definition) is 5. The van der Waals surface area contributed by atoms with Crippen molar-refractivity contribution in [1.82, 2.24) is 20.2 Å². The summed E-state index contributed by atoms with van der Waals surface area (Å²) in [6.45, 7) is 3.67. The Bertz CT molecular complexity index is 870. The second-order valence-corrected chi connectivity index (χ2v) is 6.16. The molecule has 6 nitrogen and oxygen atoms in total. The van der Waals surface area contributed by atoms with Gasteiger partial charge in [0.2, 0.25) is 5.95 Å². The molecule has 2 aromatic carbocycles. The maximum absolute atomic E-state index is 13.1. The van der Waals surface area contributed by atoms with Gasteiger partial charge in [-0.25, -0.2) is 9.07 Å². The van der Waals surface area contributed by atoms with Gasteiger partial charge < -0.3 is 10.1 Å². The Morgan fingerprint density at radius 2 is 2.12 bits per heavy atom. The molecule has 0 aliphatic heterocycles. The average Bonchev–Trinajstić information content (AvgIpc) is 3.07. The van der Waals surface area contributed by atoms with Crippen molar-refractivity contribution >= 4 is 17.5 Å². The number of nitrogens with one attached hydrogen (secondary N) is 1. The molecule has 0 radical (unpaired) electrons. The lowest BCUT2D eigenvalue weighted by molar-refractivity contribution is 0.306. The van der Waals surface area contributed by atoms with E-state index in [1.807, 2.05) is 24.3 Å². The van der Waals surface area contributed by atoms with Crippen LogP contribution in [0.5, 0.6) is 5.75 Å². The van der Waals surface area contributed by atoms with Crippen molar-refractivity contribution in [3.05, 3.63) is 64.4 Å². The third-order valence-electron chi connectivity index (χ3n) is 3.73. The van der Waals surface area contributed by atoms with E-state index < -0.39 is 0 Å². The van der Waals surface area contributed by atoms with Crippen LogP contribution in [-0.4, -0.2) is 20.2 Å². The highest BCUT2D eigenvalue weighted by molar-refractivity contribution is 6.31. The number of halogens is 2. The zero-order valence-electron chi connectivity index (χ0n) is 14.3. The van der Waals surface area contributed by atoms with E-state index in [9.17, 15) is 4.39 Å². The first-order valence-electron chi connectivity index (χ1n) is 8.31. The lowest BCUT2D eigenvalue weighted by atomic mass is 10.2. The largest absolute Gasteiger partial charge is 0.489 e. The summed E-state index contributed by atoms with van der Waals surface area (Å²) in [5.41, 5.74) is 1.76. The van der Waals surface area contributed by atoms with Crippen LogP contribution in [0.2, 0.25) is 5.02 Å². The minimum absolute atomic E-state index is 0.269. The van der Waals surface area contributed by atoms with E-state index >= 15 is 0 Å². The van der Waals surface area contributed by atoms with Gasteiger partial charge in [-0.05, 0) is 46.7 Å². The van der Waals surface area contributed by atoms with Gasteiger partial charge in [0, 0.05) is 18.7 Å². The topological polar surface area (TPSA) is 64.9 Å². The Labute approximate surface area is 155 Å². The molecule has 1 heterocycles. The number of aromatic nitrogens is 4. The summed E-state index contributed by atoms with van der Waals surface area (Å²) >= 11 is 6.02. The third kappa shape index (κ3) is 4.70. The average molecular weight is 376 g/mol. The lowest BCUT2D eigenvalue weighted by Gasteiger charge is -2.10. The molecule has 0 amide bonds. The van der Waals surface area contributed by atoms with E-state index in [4.69, 9.17) is 16.3 Å². The minimum Gasteiger partial charge on any atom is -0.489 e. The highest BCUT2D eigenvalue weighted by Gasteiger charge is 2.06. The molecule has 0 bridgehead atoms. The van der Waals surface area contributed by atoms with Crippen LogP contribution in [0.3, 0.4) is 0 Å². The number of benzene rings is 2. The van der Waals surface area contributed by atoms with Gasteiger partial charge >= 0.3 is 0 Å². The molecule has 0 saturated carbocycles. The van der Waals surface area contributed by atoms with E-state index in [2.05, 4.69) is 27.8 Å². The van der Waals surface area contributed by atoms with E-state index in [0.717, 1.165) is 24.1 Å². The van der Waals surface area contributed by atoms with Crippen LogP contribution >= 0.6 is 11.6 Å². The first kappa shape index (κ1) is 18.1. The Morgan fingerprint density at radius 1 is 1.23 bits per heavy atom. The van der Waals surface area contributed by atoms with E-state index in [1.54, 1.807) is 10.7 Å². The van der Waals surface area contributed by atoms with Crippen LogP contribution in [0, 0.1) is 5.82 Å². The van der Waals surface area contributed by atoms with Gasteiger partial charge in [-0.15, -0.1) is 0 Å². The van der Waals surface area contributed by atoms with Gasteiger partial charge in [-0.1, -0.05) is 41.8 Å². The zero-order chi connectivity index (χ0) is 18.4. The molecule has 0 fully saturated rings. The predicted molar refractivity (Wildman–Crippen MR) is 97.6 cm³/mol. The van der Waals surface area contributed by atoms with Gasteiger partial charge in [-0.3, -0.25) is 0 Å². The number of tetrazole rings is 1. The molecule has 8 heteroatoms. The molecule has 0 spiro atoms. The van der Waals surface area contributed by atoms with E-state index in [1.165, 1.54) is 12.1 Å². The number of rotatable bonds is 8. The summed E-state index contributed by atoms with van der Waals surface area (Å²) < 4.78 is 20.6. The summed E-state index contributed by atoms with van der Waals surface area (Å²) in [5.74, 6) is 0.978. The molecular weight excluding hydrogens is 357 g/mol. The van der Waals surface area contributed by atoms with Gasteiger partial charge in [-0.2, -0.15) is 0 Å². The molecular formula is C18H19ClFN5O. The van der Waals surface area contributed by atoms with Crippen molar-refractivity contribution in [2.45, 2.75) is 33.0 Å². The van der Waals surface area contributed by atoms with Crippen molar-refractivity contribution in [1.29, 1.82) is 0 Å². The minimum atomic E-state index is -0.364. The highest BCUT2D eigenvalue weighted by atomic mass is 35.5. The normalized spacial score (nSPS) is 10.7. The summed E-state index contributed by atoms with van der Waals surface area (Å²) in [6.07, 6.45) is 0.953. The fraction of sp³-hybridized carbons (Fsp3) is 0.278. The van der Waals surface area contributed by atoms with Gasteiger partial charge in [0.1, 0.15) is 18.2 Å². The summed E-state index contributed by atoms with van der Waals surface area (Å²) in [4.78, 5) is 0. The molecule has 3 rings (SSSR count). The molecule has 3 aromatic rings. The first-order valence-corrected chi connectivity index (χ1v) is 8.69. The molecule has 0 atom stereocenters. The smallest absolute Gasteiger partial charge is 0.243 e. The fourth-order valence-electron chi connectivity index (χ4n) is 2.42. The van der Waals surface area contributed by atoms with Crippen molar-refractivity contribution in [2.24, 2.45) is 0 Å². The van der Waals surface area contributed by atoms with Crippen LogP contribution in [0.25, 0.3) is 0 Å². The maximum atomic E-state index is 13.1. The number of ether oxygens (including phenoxy) is 1. The summed E-state index contributed by atoms with van der Waals surface area (Å²) in [6, 6.07) is 12.0. The van der Waals surface area contributed by atoms with Crippen LogP contribution in [0.15, 0.2) is 42.5 Å². The van der Waals surface area contributed by atoms with Crippen molar-refractivity contribution in [2.75, 3.05) is 5.32 Å². The number of nitrogens with zero attached hydrogens (tertiary/aromatic N) is 4. The molecule has 0 aliphatic rings. The monoisotopic (exact) mass is 375 g/mol.